The molecule has 4 rings (SSSR count). The minimum absolute atomic E-state index is 0.523. The molecule has 0 aromatic carbocycles. The smallest absolute Gasteiger partial charge is 0.165 e. The molecule has 21 heavy (non-hydrogen) atoms. The van der Waals surface area contributed by atoms with Gasteiger partial charge in [0.1, 0.15) is 11.5 Å². The predicted molar refractivity (Wildman–Crippen MR) is 76.5 cm³/mol. The van der Waals surface area contributed by atoms with Gasteiger partial charge in [0.05, 0.1) is 19.1 Å². The molecule has 2 fully saturated rings. The third-order valence-electron chi connectivity index (χ3n) is 4.45. The van der Waals surface area contributed by atoms with Crippen molar-refractivity contribution in [2.75, 3.05) is 7.05 Å². The van der Waals surface area contributed by atoms with E-state index in [0.717, 1.165) is 36.4 Å². The standard InChI is InChI=1S/C15H21N5O/c1-10-7-13(10)14-6-5-12(21-14)8-19(2)9-15-16-17-18-20(15)11-3-4-11/h5-6,10-11,13H,3-4,7-9H2,1-2H3/t10-,13+/m1/s1. The number of aromatic nitrogens is 4. The fraction of sp³-hybridized carbons (Fsp3) is 0.667. The first-order valence-electron chi connectivity index (χ1n) is 7.74. The van der Waals surface area contributed by atoms with Crippen molar-refractivity contribution in [3.05, 3.63) is 29.5 Å². The number of hydrogen-bond acceptors (Lipinski definition) is 5. The van der Waals surface area contributed by atoms with E-state index < -0.39 is 0 Å². The molecule has 112 valence electrons. The summed E-state index contributed by atoms with van der Waals surface area (Å²) in [4.78, 5) is 2.20. The molecule has 0 amide bonds. The second-order valence-electron chi connectivity index (χ2n) is 6.57. The average Bonchev–Trinajstić information content (AvgIpc) is 3.33. The first-order valence-corrected chi connectivity index (χ1v) is 7.74. The summed E-state index contributed by atoms with van der Waals surface area (Å²) in [6, 6.07) is 4.75. The van der Waals surface area contributed by atoms with Crippen molar-refractivity contribution in [1.82, 2.24) is 25.1 Å². The fourth-order valence-corrected chi connectivity index (χ4v) is 2.88. The summed E-state index contributed by atoms with van der Waals surface area (Å²) in [7, 11) is 2.08. The van der Waals surface area contributed by atoms with Gasteiger partial charge in [-0.1, -0.05) is 6.92 Å². The molecule has 0 N–H and O–H groups in total. The third kappa shape index (κ3) is 2.72. The molecule has 0 unspecified atom stereocenters. The van der Waals surface area contributed by atoms with Crippen LogP contribution in [0.2, 0.25) is 0 Å². The molecule has 2 aromatic heterocycles. The number of rotatable bonds is 6. The molecule has 2 aromatic rings. The molecule has 0 spiro atoms. The van der Waals surface area contributed by atoms with Gasteiger partial charge in [0.25, 0.3) is 0 Å². The lowest BCUT2D eigenvalue weighted by Crippen LogP contribution is -2.20. The van der Waals surface area contributed by atoms with E-state index >= 15 is 0 Å². The van der Waals surface area contributed by atoms with E-state index in [9.17, 15) is 0 Å². The highest BCUT2D eigenvalue weighted by atomic mass is 16.3. The highest BCUT2D eigenvalue weighted by Crippen LogP contribution is 2.47. The van der Waals surface area contributed by atoms with Crippen LogP contribution in [0.4, 0.5) is 0 Å². The molecule has 0 radical (unpaired) electrons. The monoisotopic (exact) mass is 287 g/mol. The van der Waals surface area contributed by atoms with E-state index in [2.05, 4.69) is 46.5 Å². The van der Waals surface area contributed by atoms with Gasteiger partial charge in [0.2, 0.25) is 0 Å². The molecule has 0 saturated heterocycles. The van der Waals surface area contributed by atoms with Gasteiger partial charge >= 0.3 is 0 Å². The lowest BCUT2D eigenvalue weighted by atomic mass is 10.3. The minimum atomic E-state index is 0.523. The van der Waals surface area contributed by atoms with Gasteiger partial charge in [0, 0.05) is 5.92 Å². The topological polar surface area (TPSA) is 60.0 Å². The molecule has 0 bridgehead atoms. The summed E-state index contributed by atoms with van der Waals surface area (Å²) < 4.78 is 7.93. The SMILES string of the molecule is C[C@@H]1C[C@@H]1c1ccc(CN(C)Cc2nnnn2C2CC2)o1. The number of hydrogen-bond donors (Lipinski definition) is 0. The Kier molecular flexibility index (Phi) is 3.06. The van der Waals surface area contributed by atoms with Crippen LogP contribution in [-0.4, -0.2) is 32.2 Å². The van der Waals surface area contributed by atoms with E-state index in [1.807, 2.05) is 4.68 Å². The van der Waals surface area contributed by atoms with E-state index in [0.29, 0.717) is 12.0 Å². The summed E-state index contributed by atoms with van der Waals surface area (Å²) in [5.74, 6) is 4.55. The Balaban J connectivity index is 1.37. The van der Waals surface area contributed by atoms with E-state index in [4.69, 9.17) is 4.42 Å². The Labute approximate surface area is 124 Å². The van der Waals surface area contributed by atoms with Gasteiger partial charge in [0.15, 0.2) is 5.82 Å². The molecular formula is C15H21N5O. The van der Waals surface area contributed by atoms with Crippen LogP contribution in [0.15, 0.2) is 16.5 Å². The van der Waals surface area contributed by atoms with Gasteiger partial charge in [-0.25, -0.2) is 4.68 Å². The molecule has 2 aliphatic rings. The summed E-state index contributed by atoms with van der Waals surface area (Å²) in [5, 5.41) is 12.0. The zero-order valence-corrected chi connectivity index (χ0v) is 12.6. The second-order valence-corrected chi connectivity index (χ2v) is 6.57. The van der Waals surface area contributed by atoms with Crippen molar-refractivity contribution in [3.8, 4) is 0 Å². The Morgan fingerprint density at radius 2 is 2.14 bits per heavy atom. The molecule has 2 aliphatic carbocycles. The van der Waals surface area contributed by atoms with Crippen LogP contribution in [0.25, 0.3) is 0 Å². The number of nitrogens with zero attached hydrogens (tertiary/aromatic N) is 5. The van der Waals surface area contributed by atoms with Gasteiger partial charge in [-0.05, 0) is 54.8 Å². The zero-order chi connectivity index (χ0) is 14.4. The van der Waals surface area contributed by atoms with Crippen LogP contribution in [0, 0.1) is 5.92 Å². The van der Waals surface area contributed by atoms with Crippen LogP contribution in [0.3, 0.4) is 0 Å². The Morgan fingerprint density at radius 1 is 1.33 bits per heavy atom. The number of tetrazole rings is 1. The Hall–Kier alpha value is -1.69. The quantitative estimate of drug-likeness (QED) is 0.816. The maximum atomic E-state index is 5.96. The Bertz CT molecular complexity index is 630. The molecule has 6 nitrogen and oxygen atoms in total. The predicted octanol–water partition coefficient (Wildman–Crippen LogP) is 2.36. The largest absolute Gasteiger partial charge is 0.464 e. The minimum Gasteiger partial charge on any atom is -0.464 e. The maximum absolute atomic E-state index is 5.96. The van der Waals surface area contributed by atoms with Crippen LogP contribution in [0.5, 0.6) is 0 Å². The maximum Gasteiger partial charge on any atom is 0.165 e. The first kappa shape index (κ1) is 13.0. The molecule has 2 saturated carbocycles. The van der Waals surface area contributed by atoms with Crippen molar-refractivity contribution in [2.24, 2.45) is 5.92 Å². The molecular weight excluding hydrogens is 266 g/mol. The summed E-state index contributed by atoms with van der Waals surface area (Å²) in [5.41, 5.74) is 0. The van der Waals surface area contributed by atoms with Gasteiger partial charge in [-0.3, -0.25) is 4.90 Å². The molecule has 0 aliphatic heterocycles. The summed E-state index contributed by atoms with van der Waals surface area (Å²) in [6.07, 6.45) is 3.66. The van der Waals surface area contributed by atoms with Crippen molar-refractivity contribution in [2.45, 2.75) is 51.2 Å². The van der Waals surface area contributed by atoms with Crippen molar-refractivity contribution in [3.63, 3.8) is 0 Å². The average molecular weight is 287 g/mol. The van der Waals surface area contributed by atoms with Crippen molar-refractivity contribution in [1.29, 1.82) is 0 Å². The number of furan rings is 1. The van der Waals surface area contributed by atoms with Gasteiger partial charge in [-0.2, -0.15) is 0 Å². The van der Waals surface area contributed by atoms with Crippen molar-refractivity contribution < 1.29 is 4.42 Å². The highest BCUT2D eigenvalue weighted by Gasteiger charge is 2.36. The van der Waals surface area contributed by atoms with Crippen LogP contribution in [-0.2, 0) is 13.1 Å². The molecule has 2 heterocycles. The first-order chi connectivity index (χ1) is 10.2. The van der Waals surface area contributed by atoms with E-state index in [1.165, 1.54) is 19.3 Å². The summed E-state index contributed by atoms with van der Waals surface area (Å²) >= 11 is 0. The van der Waals surface area contributed by atoms with Crippen LogP contribution >= 0.6 is 0 Å². The Morgan fingerprint density at radius 3 is 2.86 bits per heavy atom. The fourth-order valence-electron chi connectivity index (χ4n) is 2.88. The normalized spacial score (nSPS) is 24.7. The third-order valence-corrected chi connectivity index (χ3v) is 4.45. The van der Waals surface area contributed by atoms with E-state index in [-0.39, 0.29) is 0 Å². The molecule has 2 atom stereocenters. The highest BCUT2D eigenvalue weighted by molar-refractivity contribution is 5.17. The lowest BCUT2D eigenvalue weighted by molar-refractivity contribution is 0.271. The second kappa shape index (κ2) is 4.94. The lowest BCUT2D eigenvalue weighted by Gasteiger charge is -2.14. The zero-order valence-electron chi connectivity index (χ0n) is 12.6. The van der Waals surface area contributed by atoms with E-state index in [1.54, 1.807) is 0 Å². The van der Waals surface area contributed by atoms with Crippen LogP contribution < -0.4 is 0 Å². The van der Waals surface area contributed by atoms with Crippen LogP contribution in [0.1, 0.15) is 55.5 Å². The summed E-state index contributed by atoms with van der Waals surface area (Å²) in [6.45, 7) is 3.81. The van der Waals surface area contributed by atoms with Gasteiger partial charge < -0.3 is 4.42 Å². The molecule has 6 heteroatoms. The van der Waals surface area contributed by atoms with Gasteiger partial charge in [-0.15, -0.1) is 5.10 Å². The van der Waals surface area contributed by atoms with Crippen molar-refractivity contribution >= 4 is 0 Å².